The van der Waals surface area contributed by atoms with Crippen molar-refractivity contribution in [1.82, 2.24) is 10.0 Å². The maximum Gasteiger partial charge on any atom is 0.238 e. The zero-order chi connectivity index (χ0) is 17.9. The molecule has 1 aliphatic heterocycles. The van der Waals surface area contributed by atoms with Crippen molar-refractivity contribution in [2.24, 2.45) is 34.7 Å². The van der Waals surface area contributed by atoms with E-state index in [0.29, 0.717) is 5.92 Å². The van der Waals surface area contributed by atoms with Crippen LogP contribution in [0.25, 0.3) is 0 Å². The molecule has 5 aliphatic rings. The minimum absolute atomic E-state index is 0.205. The minimum Gasteiger partial charge on any atom is -0.386 e. The van der Waals surface area contributed by atoms with Crippen LogP contribution < -0.4 is 15.2 Å². The number of hydrogen-bond donors (Lipinski definition) is 4. The fourth-order valence-corrected chi connectivity index (χ4v) is 8.66. The third kappa shape index (κ3) is 2.15. The Hall–Kier alpha value is -0.650. The van der Waals surface area contributed by atoms with E-state index in [4.69, 9.17) is 16.7 Å². The van der Waals surface area contributed by atoms with Gasteiger partial charge in [-0.1, -0.05) is 11.6 Å². The lowest BCUT2D eigenvalue weighted by molar-refractivity contribution is 0.135. The first-order valence-electron chi connectivity index (χ1n) is 8.19. The molecular weight excluding hydrogens is 390 g/mol. The van der Waals surface area contributed by atoms with Crippen molar-refractivity contribution in [2.45, 2.75) is 30.4 Å². The second kappa shape index (κ2) is 4.79. The molecule has 5 N–H and O–H groups in total. The third-order valence-corrected chi connectivity index (χ3v) is 9.85. The van der Waals surface area contributed by atoms with E-state index in [1.807, 2.05) is 0 Å². The van der Waals surface area contributed by atoms with E-state index in [0.717, 1.165) is 30.6 Å². The number of halogens is 1. The largest absolute Gasteiger partial charge is 0.386 e. The molecule has 3 saturated carbocycles. The summed E-state index contributed by atoms with van der Waals surface area (Å²) < 4.78 is 51.4. The Kier molecular flexibility index (Phi) is 3.16. The van der Waals surface area contributed by atoms with Gasteiger partial charge in [0.2, 0.25) is 20.0 Å². The van der Waals surface area contributed by atoms with Gasteiger partial charge in [0.1, 0.15) is 16.3 Å². The van der Waals surface area contributed by atoms with Crippen molar-refractivity contribution in [3.8, 4) is 0 Å². The van der Waals surface area contributed by atoms with Gasteiger partial charge in [-0.05, 0) is 48.5 Å². The van der Waals surface area contributed by atoms with Crippen molar-refractivity contribution in [3.05, 3.63) is 21.7 Å². The van der Waals surface area contributed by atoms with Gasteiger partial charge in [0.25, 0.3) is 0 Å². The molecule has 138 valence electrons. The maximum absolute atomic E-state index is 12.7. The molecule has 25 heavy (non-hydrogen) atoms. The maximum atomic E-state index is 12.7. The fraction of sp³-hybridized carbons (Fsp3) is 0.714. The zero-order valence-electron chi connectivity index (χ0n) is 13.0. The van der Waals surface area contributed by atoms with Crippen LogP contribution in [-0.4, -0.2) is 39.5 Å². The Labute approximate surface area is 150 Å². The summed E-state index contributed by atoms with van der Waals surface area (Å²) in [6, 6.07) is 0. The van der Waals surface area contributed by atoms with E-state index >= 15 is 0 Å². The molecule has 1 heterocycles. The Morgan fingerprint density at radius 1 is 1.20 bits per heavy atom. The summed E-state index contributed by atoms with van der Waals surface area (Å²) in [5, 5.41) is 16.9. The lowest BCUT2D eigenvalue weighted by atomic mass is 9.73. The molecule has 0 spiro atoms. The summed E-state index contributed by atoms with van der Waals surface area (Å²) in [5.41, 5.74) is 0.213. The molecule has 1 saturated heterocycles. The molecule has 5 rings (SSSR count). The van der Waals surface area contributed by atoms with Gasteiger partial charge in [-0.2, -0.15) is 4.72 Å². The van der Waals surface area contributed by atoms with E-state index in [2.05, 4.69) is 10.0 Å². The number of allylic oxidation sites excluding steroid dienone is 2. The molecule has 8 nitrogen and oxygen atoms in total. The number of hydrogen-bond acceptors (Lipinski definition) is 6. The zero-order valence-corrected chi connectivity index (χ0v) is 15.4. The van der Waals surface area contributed by atoms with Crippen molar-refractivity contribution in [2.75, 3.05) is 0 Å². The number of nitrogens with one attached hydrogen (secondary N) is 2. The molecule has 4 aliphatic carbocycles. The molecule has 0 aromatic rings. The molecule has 0 aromatic carbocycles. The van der Waals surface area contributed by atoms with E-state index in [9.17, 15) is 21.9 Å². The summed E-state index contributed by atoms with van der Waals surface area (Å²) in [4.78, 5) is -0.669. The van der Waals surface area contributed by atoms with Gasteiger partial charge >= 0.3 is 0 Å². The number of fused-ring (bicyclic) bond motifs is 2. The highest BCUT2D eigenvalue weighted by Gasteiger charge is 2.71. The lowest BCUT2D eigenvalue weighted by Crippen LogP contribution is -2.64. The molecule has 11 heteroatoms. The standard InChI is InChI=1S/C14H18ClN3O5S2/c15-8-3-9-13(11(19)12(8)24(16,20)21)25(22,23)18-14(17-9)7-2-5-4-1-6(7)10(4)5/h3-7,10-11,13-14,17-19H,1-2H2,(H2,16,20,21)/t4-,5+,6+,7+,10-,11+,13?,14+/m1/s1. The van der Waals surface area contributed by atoms with Crippen molar-refractivity contribution >= 4 is 31.6 Å². The molecule has 8 atom stereocenters. The number of aliphatic hydroxyl groups excluding tert-OH is 1. The SMILES string of the molecule is NS(=O)(=O)C1=C(Cl)C=C2N[C@H]([C@H]3C[C@H]4[C@H]5C[C@@H]3[C@H]54)NS(=O)(=O)C2[C@H]1O. The average Bonchev–Trinajstić information content (AvgIpc) is 2.85. The summed E-state index contributed by atoms with van der Waals surface area (Å²) in [6.07, 6.45) is 1.09. The van der Waals surface area contributed by atoms with E-state index < -0.39 is 42.5 Å². The van der Waals surface area contributed by atoms with Crippen LogP contribution >= 0.6 is 11.6 Å². The summed E-state index contributed by atoms with van der Waals surface area (Å²) in [7, 11) is -8.31. The normalized spacial score (nSPS) is 49.5. The first-order valence-corrected chi connectivity index (χ1v) is 11.7. The number of nitrogens with two attached hydrogens (primary N) is 1. The fourth-order valence-electron chi connectivity index (χ4n) is 5.54. The number of aliphatic hydroxyl groups is 1. The molecule has 0 bridgehead atoms. The van der Waals surface area contributed by atoms with Gasteiger partial charge in [0, 0.05) is 5.70 Å². The number of primary sulfonamides is 1. The van der Waals surface area contributed by atoms with Crippen LogP contribution in [0.1, 0.15) is 12.8 Å². The summed E-state index contributed by atoms with van der Waals surface area (Å²) in [5.74, 6) is 3.06. The topological polar surface area (TPSA) is 139 Å². The number of sulfonamides is 2. The van der Waals surface area contributed by atoms with E-state index in [1.165, 1.54) is 6.08 Å². The molecule has 0 aromatic heterocycles. The Balaban J connectivity index is 1.52. The first kappa shape index (κ1) is 16.5. The van der Waals surface area contributed by atoms with Crippen LogP contribution in [0.5, 0.6) is 0 Å². The molecule has 1 unspecified atom stereocenters. The average molecular weight is 408 g/mol. The van der Waals surface area contributed by atoms with Crippen molar-refractivity contribution in [1.29, 1.82) is 0 Å². The van der Waals surface area contributed by atoms with Gasteiger partial charge in [0.15, 0.2) is 0 Å². The van der Waals surface area contributed by atoms with E-state index in [1.54, 1.807) is 0 Å². The van der Waals surface area contributed by atoms with Crippen LogP contribution in [0.4, 0.5) is 0 Å². The van der Waals surface area contributed by atoms with Crippen molar-refractivity contribution < 1.29 is 21.9 Å². The second-order valence-electron chi connectivity index (χ2n) is 7.71. The smallest absolute Gasteiger partial charge is 0.238 e. The highest BCUT2D eigenvalue weighted by atomic mass is 35.5. The Bertz CT molecular complexity index is 940. The van der Waals surface area contributed by atoms with Gasteiger partial charge in [-0.15, -0.1) is 0 Å². The molecule has 0 radical (unpaired) electrons. The Morgan fingerprint density at radius 3 is 2.36 bits per heavy atom. The van der Waals surface area contributed by atoms with Gasteiger partial charge < -0.3 is 10.4 Å². The first-order chi connectivity index (χ1) is 11.6. The van der Waals surface area contributed by atoms with E-state index in [-0.39, 0.29) is 16.6 Å². The number of rotatable bonds is 2. The van der Waals surface area contributed by atoms with Crippen LogP contribution in [0.15, 0.2) is 21.7 Å². The van der Waals surface area contributed by atoms with Gasteiger partial charge in [0.05, 0.1) is 11.2 Å². The van der Waals surface area contributed by atoms with Crippen LogP contribution in [-0.2, 0) is 20.0 Å². The molecule has 0 amide bonds. The summed E-state index contributed by atoms with van der Waals surface area (Å²) >= 11 is 5.98. The van der Waals surface area contributed by atoms with Crippen LogP contribution in [0.2, 0.25) is 0 Å². The summed E-state index contributed by atoms with van der Waals surface area (Å²) in [6.45, 7) is 0. The highest BCUT2D eigenvalue weighted by Crippen LogP contribution is 2.75. The van der Waals surface area contributed by atoms with Crippen molar-refractivity contribution in [3.63, 3.8) is 0 Å². The quantitative estimate of drug-likeness (QED) is 0.468. The molecule has 4 fully saturated rings. The highest BCUT2D eigenvalue weighted by molar-refractivity contribution is 7.93. The van der Waals surface area contributed by atoms with Gasteiger partial charge in [-0.25, -0.2) is 22.0 Å². The van der Waals surface area contributed by atoms with Crippen LogP contribution in [0.3, 0.4) is 0 Å². The predicted molar refractivity (Wildman–Crippen MR) is 89.5 cm³/mol. The molecular formula is C14H18ClN3O5S2. The minimum atomic E-state index is -4.32. The monoisotopic (exact) mass is 407 g/mol. The Morgan fingerprint density at radius 2 is 1.80 bits per heavy atom. The predicted octanol–water partition coefficient (Wildman–Crippen LogP) is -0.897. The van der Waals surface area contributed by atoms with Crippen LogP contribution in [0, 0.1) is 29.6 Å². The lowest BCUT2D eigenvalue weighted by Gasteiger charge is -2.44. The second-order valence-corrected chi connectivity index (χ2v) is 11.5. The van der Waals surface area contributed by atoms with Gasteiger partial charge in [-0.3, -0.25) is 0 Å². The third-order valence-electron chi connectivity index (χ3n) is 6.59.